The molecular formula is C13H28IN3O. The van der Waals surface area contributed by atoms with Gasteiger partial charge in [0.1, 0.15) is 0 Å². The Morgan fingerprint density at radius 1 is 1.50 bits per heavy atom. The van der Waals surface area contributed by atoms with Crippen LogP contribution in [-0.2, 0) is 4.74 Å². The van der Waals surface area contributed by atoms with Crippen molar-refractivity contribution in [3.8, 4) is 0 Å². The first kappa shape index (κ1) is 18.0. The van der Waals surface area contributed by atoms with Gasteiger partial charge in [-0.1, -0.05) is 27.7 Å². The number of nitrogens with two attached hydrogens (primary N) is 1. The Balaban J connectivity index is 0.00000289. The number of guanidine groups is 1. The number of hydrogen-bond donors (Lipinski definition) is 1. The lowest BCUT2D eigenvalue weighted by Crippen LogP contribution is -2.48. The summed E-state index contributed by atoms with van der Waals surface area (Å²) in [5.74, 6) is 1.26. The molecule has 1 heterocycles. The SMILES string of the molecule is CC1CN(C(N)=NCC(C)(C)C(C)C)CCO1.I. The number of halogens is 1. The molecule has 0 aliphatic carbocycles. The minimum Gasteiger partial charge on any atom is -0.375 e. The minimum absolute atomic E-state index is 0. The number of morpholine rings is 1. The van der Waals surface area contributed by atoms with E-state index in [4.69, 9.17) is 10.5 Å². The van der Waals surface area contributed by atoms with Gasteiger partial charge in [-0.3, -0.25) is 4.99 Å². The van der Waals surface area contributed by atoms with Crippen LogP contribution in [0.15, 0.2) is 4.99 Å². The maximum Gasteiger partial charge on any atom is 0.191 e. The Hall–Kier alpha value is -0.0400. The van der Waals surface area contributed by atoms with Crippen molar-refractivity contribution < 1.29 is 4.74 Å². The van der Waals surface area contributed by atoms with Crippen molar-refractivity contribution in [2.24, 2.45) is 22.1 Å². The monoisotopic (exact) mass is 369 g/mol. The third-order valence-electron chi connectivity index (χ3n) is 3.78. The van der Waals surface area contributed by atoms with Crippen molar-refractivity contribution in [3.63, 3.8) is 0 Å². The van der Waals surface area contributed by atoms with Crippen LogP contribution in [0.5, 0.6) is 0 Å². The van der Waals surface area contributed by atoms with Crippen LogP contribution in [0.2, 0.25) is 0 Å². The van der Waals surface area contributed by atoms with Crippen LogP contribution in [-0.4, -0.2) is 43.2 Å². The summed E-state index contributed by atoms with van der Waals surface area (Å²) >= 11 is 0. The third kappa shape index (κ3) is 5.30. The Kier molecular flexibility index (Phi) is 7.51. The Labute approximate surface area is 128 Å². The largest absolute Gasteiger partial charge is 0.375 e. The summed E-state index contributed by atoms with van der Waals surface area (Å²) in [6, 6.07) is 0. The van der Waals surface area contributed by atoms with Crippen LogP contribution in [0.4, 0.5) is 0 Å². The van der Waals surface area contributed by atoms with E-state index in [0.717, 1.165) is 26.2 Å². The summed E-state index contributed by atoms with van der Waals surface area (Å²) in [7, 11) is 0. The minimum atomic E-state index is 0. The predicted octanol–water partition coefficient (Wildman–Crippen LogP) is 2.32. The van der Waals surface area contributed by atoms with Crippen LogP contribution < -0.4 is 5.73 Å². The van der Waals surface area contributed by atoms with Gasteiger partial charge in [0.25, 0.3) is 0 Å². The number of rotatable bonds is 3. The zero-order valence-corrected chi connectivity index (χ0v) is 14.6. The quantitative estimate of drug-likeness (QED) is 0.472. The molecule has 1 fully saturated rings. The van der Waals surface area contributed by atoms with E-state index in [9.17, 15) is 0 Å². The van der Waals surface area contributed by atoms with E-state index in [0.29, 0.717) is 11.9 Å². The van der Waals surface area contributed by atoms with Crippen LogP contribution in [0, 0.1) is 11.3 Å². The van der Waals surface area contributed by atoms with Crippen molar-refractivity contribution in [2.75, 3.05) is 26.2 Å². The zero-order chi connectivity index (χ0) is 13.1. The van der Waals surface area contributed by atoms with E-state index in [1.807, 2.05) is 0 Å². The smallest absolute Gasteiger partial charge is 0.191 e. The van der Waals surface area contributed by atoms with Gasteiger partial charge in [-0.05, 0) is 18.3 Å². The number of nitrogens with zero attached hydrogens (tertiary/aromatic N) is 2. The molecule has 4 nitrogen and oxygen atoms in total. The van der Waals surface area contributed by atoms with E-state index in [2.05, 4.69) is 44.5 Å². The fourth-order valence-corrected chi connectivity index (χ4v) is 1.59. The number of hydrogen-bond acceptors (Lipinski definition) is 2. The Bertz CT molecular complexity index is 279. The lowest BCUT2D eigenvalue weighted by atomic mass is 9.81. The molecule has 18 heavy (non-hydrogen) atoms. The molecule has 1 unspecified atom stereocenters. The van der Waals surface area contributed by atoms with E-state index < -0.39 is 0 Å². The molecule has 1 rings (SSSR count). The highest BCUT2D eigenvalue weighted by molar-refractivity contribution is 14.0. The van der Waals surface area contributed by atoms with E-state index in [1.165, 1.54) is 0 Å². The summed E-state index contributed by atoms with van der Waals surface area (Å²) < 4.78 is 5.49. The van der Waals surface area contributed by atoms with Gasteiger partial charge in [0.2, 0.25) is 0 Å². The summed E-state index contributed by atoms with van der Waals surface area (Å²) in [4.78, 5) is 6.66. The van der Waals surface area contributed by atoms with Gasteiger partial charge in [0.15, 0.2) is 5.96 Å². The molecule has 0 aromatic rings. The van der Waals surface area contributed by atoms with Gasteiger partial charge in [-0.2, -0.15) is 0 Å². The van der Waals surface area contributed by atoms with Crippen molar-refractivity contribution in [1.82, 2.24) is 4.90 Å². The van der Waals surface area contributed by atoms with E-state index >= 15 is 0 Å². The highest BCUT2D eigenvalue weighted by Gasteiger charge is 2.23. The lowest BCUT2D eigenvalue weighted by Gasteiger charge is -2.33. The second kappa shape index (κ2) is 7.53. The summed E-state index contributed by atoms with van der Waals surface area (Å²) in [6.45, 7) is 14.2. The summed E-state index contributed by atoms with van der Waals surface area (Å²) in [6.07, 6.45) is 0.246. The molecule has 0 aromatic heterocycles. The molecule has 5 heteroatoms. The highest BCUT2D eigenvalue weighted by Crippen LogP contribution is 2.26. The first-order chi connectivity index (χ1) is 7.83. The molecule has 108 valence electrons. The molecule has 2 N–H and O–H groups in total. The van der Waals surface area contributed by atoms with Crippen LogP contribution in [0.3, 0.4) is 0 Å². The van der Waals surface area contributed by atoms with Crippen LogP contribution in [0.25, 0.3) is 0 Å². The molecular weight excluding hydrogens is 341 g/mol. The fraction of sp³-hybridized carbons (Fsp3) is 0.923. The summed E-state index contributed by atoms with van der Waals surface area (Å²) in [5.41, 5.74) is 6.24. The zero-order valence-electron chi connectivity index (χ0n) is 12.3. The Morgan fingerprint density at radius 3 is 2.61 bits per heavy atom. The first-order valence-corrected chi connectivity index (χ1v) is 6.49. The van der Waals surface area contributed by atoms with Gasteiger partial charge in [-0.25, -0.2) is 0 Å². The highest BCUT2D eigenvalue weighted by atomic mass is 127. The Morgan fingerprint density at radius 2 is 2.11 bits per heavy atom. The van der Waals surface area contributed by atoms with Gasteiger partial charge < -0.3 is 15.4 Å². The molecule has 0 saturated carbocycles. The second-order valence-electron chi connectivity index (χ2n) is 5.95. The predicted molar refractivity (Wildman–Crippen MR) is 87.5 cm³/mol. The molecule has 0 bridgehead atoms. The van der Waals surface area contributed by atoms with E-state index in [-0.39, 0.29) is 35.5 Å². The van der Waals surface area contributed by atoms with Crippen LogP contribution in [0.1, 0.15) is 34.6 Å². The van der Waals surface area contributed by atoms with Crippen molar-refractivity contribution in [1.29, 1.82) is 0 Å². The van der Waals surface area contributed by atoms with Gasteiger partial charge in [-0.15, -0.1) is 24.0 Å². The number of aliphatic imine (C=N–C) groups is 1. The molecule has 1 aliphatic heterocycles. The molecule has 0 amide bonds. The summed E-state index contributed by atoms with van der Waals surface area (Å²) in [5, 5.41) is 0. The second-order valence-corrected chi connectivity index (χ2v) is 5.95. The first-order valence-electron chi connectivity index (χ1n) is 6.49. The fourth-order valence-electron chi connectivity index (χ4n) is 1.59. The van der Waals surface area contributed by atoms with Crippen molar-refractivity contribution >= 4 is 29.9 Å². The van der Waals surface area contributed by atoms with Gasteiger partial charge >= 0.3 is 0 Å². The molecule has 0 spiro atoms. The van der Waals surface area contributed by atoms with Crippen LogP contribution >= 0.6 is 24.0 Å². The standard InChI is InChI=1S/C13H27N3O.HI/c1-10(2)13(4,5)9-15-12(14)16-6-7-17-11(3)8-16;/h10-11H,6-9H2,1-5H3,(H2,14,15);1H. The third-order valence-corrected chi connectivity index (χ3v) is 3.78. The van der Waals surface area contributed by atoms with Gasteiger partial charge in [0, 0.05) is 19.6 Å². The molecule has 1 atom stereocenters. The number of ether oxygens (including phenoxy) is 1. The average molecular weight is 369 g/mol. The van der Waals surface area contributed by atoms with Crippen molar-refractivity contribution in [2.45, 2.75) is 40.7 Å². The topological polar surface area (TPSA) is 50.8 Å². The normalized spacial score (nSPS) is 22.0. The van der Waals surface area contributed by atoms with Crippen molar-refractivity contribution in [3.05, 3.63) is 0 Å². The molecule has 0 aromatic carbocycles. The average Bonchev–Trinajstić information content (AvgIpc) is 2.25. The molecule has 1 saturated heterocycles. The molecule has 0 radical (unpaired) electrons. The maximum absolute atomic E-state index is 6.04. The lowest BCUT2D eigenvalue weighted by molar-refractivity contribution is 0.00521. The maximum atomic E-state index is 6.04. The molecule has 1 aliphatic rings. The van der Waals surface area contributed by atoms with Gasteiger partial charge in [0.05, 0.1) is 12.7 Å². The van der Waals surface area contributed by atoms with E-state index in [1.54, 1.807) is 0 Å².